The van der Waals surface area contributed by atoms with Gasteiger partial charge < -0.3 is 15.5 Å². The summed E-state index contributed by atoms with van der Waals surface area (Å²) in [6.45, 7) is 0.0223. The minimum absolute atomic E-state index is 0.0573. The molecule has 22 heavy (non-hydrogen) atoms. The van der Waals surface area contributed by atoms with Crippen LogP contribution in [0.4, 0.5) is 8.78 Å². The van der Waals surface area contributed by atoms with E-state index in [4.69, 9.17) is 5.11 Å². The fourth-order valence-electron chi connectivity index (χ4n) is 2.03. The Morgan fingerprint density at radius 3 is 2.41 bits per heavy atom. The topological polar surface area (TPSA) is 69.6 Å². The van der Waals surface area contributed by atoms with Gasteiger partial charge in [-0.05, 0) is 29.8 Å². The summed E-state index contributed by atoms with van der Waals surface area (Å²) in [6.07, 6.45) is -0.124. The van der Waals surface area contributed by atoms with Crippen molar-refractivity contribution in [2.45, 2.75) is 13.0 Å². The molecular weight excluding hydrogens is 292 g/mol. The molecule has 0 bridgehead atoms. The van der Waals surface area contributed by atoms with E-state index in [2.05, 4.69) is 5.32 Å². The van der Waals surface area contributed by atoms with Crippen LogP contribution in [-0.4, -0.2) is 22.7 Å². The monoisotopic (exact) mass is 307 g/mol. The number of nitrogens with one attached hydrogen (secondary N) is 1. The maximum atomic E-state index is 14.4. The van der Waals surface area contributed by atoms with Crippen molar-refractivity contribution in [3.05, 3.63) is 53.6 Å². The maximum Gasteiger partial charge on any atom is 0.304 e. The lowest BCUT2D eigenvalue weighted by Crippen LogP contribution is -2.19. The van der Waals surface area contributed by atoms with E-state index in [1.54, 1.807) is 0 Å². The molecule has 0 atom stereocenters. The van der Waals surface area contributed by atoms with Crippen LogP contribution in [0.1, 0.15) is 12.0 Å². The molecule has 0 aromatic heterocycles. The van der Waals surface area contributed by atoms with E-state index >= 15 is 0 Å². The molecule has 3 N–H and O–H groups in total. The van der Waals surface area contributed by atoms with Crippen molar-refractivity contribution >= 4 is 5.97 Å². The van der Waals surface area contributed by atoms with Gasteiger partial charge in [0.1, 0.15) is 17.4 Å². The molecule has 4 nitrogen and oxygen atoms in total. The van der Waals surface area contributed by atoms with E-state index in [1.807, 2.05) is 0 Å². The third-order valence-electron chi connectivity index (χ3n) is 3.18. The van der Waals surface area contributed by atoms with Crippen LogP contribution in [0.25, 0.3) is 11.1 Å². The molecule has 0 fully saturated rings. The zero-order chi connectivity index (χ0) is 16.1. The summed E-state index contributed by atoms with van der Waals surface area (Å²) >= 11 is 0. The molecular formula is C16H15F2NO3. The SMILES string of the molecule is O=C(O)CCNCc1c(F)ccc(-c2ccc(O)cc2)c1F. The summed E-state index contributed by atoms with van der Waals surface area (Å²) in [5, 5.41) is 20.5. The summed E-state index contributed by atoms with van der Waals surface area (Å²) in [6, 6.07) is 8.41. The van der Waals surface area contributed by atoms with E-state index in [1.165, 1.54) is 36.4 Å². The number of carbonyl (C=O) groups is 1. The largest absolute Gasteiger partial charge is 0.508 e. The van der Waals surface area contributed by atoms with Crippen LogP contribution < -0.4 is 5.32 Å². The third-order valence-corrected chi connectivity index (χ3v) is 3.18. The molecule has 0 saturated carbocycles. The van der Waals surface area contributed by atoms with Gasteiger partial charge in [-0.15, -0.1) is 0 Å². The van der Waals surface area contributed by atoms with Gasteiger partial charge in [-0.25, -0.2) is 8.78 Å². The number of carboxylic acid groups (broad SMARTS) is 1. The Bertz CT molecular complexity index is 672. The average Bonchev–Trinajstić information content (AvgIpc) is 2.47. The first kappa shape index (κ1) is 15.9. The highest BCUT2D eigenvalue weighted by atomic mass is 19.1. The molecule has 0 aliphatic rings. The molecule has 2 aromatic carbocycles. The molecule has 0 aliphatic carbocycles. The molecule has 116 valence electrons. The second-order valence-corrected chi connectivity index (χ2v) is 4.75. The van der Waals surface area contributed by atoms with Crippen molar-refractivity contribution < 1.29 is 23.8 Å². The van der Waals surface area contributed by atoms with Crippen LogP contribution in [0.5, 0.6) is 5.75 Å². The van der Waals surface area contributed by atoms with Crippen molar-refractivity contribution in [1.29, 1.82) is 0 Å². The fraction of sp³-hybridized carbons (Fsp3) is 0.188. The third kappa shape index (κ3) is 3.79. The van der Waals surface area contributed by atoms with E-state index in [0.717, 1.165) is 0 Å². The maximum absolute atomic E-state index is 14.4. The first-order chi connectivity index (χ1) is 10.5. The molecule has 0 amide bonds. The van der Waals surface area contributed by atoms with E-state index in [9.17, 15) is 18.7 Å². The number of phenols is 1. The van der Waals surface area contributed by atoms with Crippen LogP contribution in [0.15, 0.2) is 36.4 Å². The molecule has 0 aliphatic heterocycles. The van der Waals surface area contributed by atoms with E-state index < -0.39 is 17.6 Å². The van der Waals surface area contributed by atoms with Gasteiger partial charge in [-0.2, -0.15) is 0 Å². The standard InChI is InChI=1S/C16H15F2NO3/c17-14-6-5-12(10-1-3-11(20)4-2-10)16(18)13(14)9-19-8-7-15(21)22/h1-6,19-20H,7-9H2,(H,21,22). The molecule has 0 radical (unpaired) electrons. The molecule has 2 aromatic rings. The number of rotatable bonds is 6. The Labute approximate surface area is 126 Å². The molecule has 0 spiro atoms. The highest BCUT2D eigenvalue weighted by Crippen LogP contribution is 2.28. The predicted octanol–water partition coefficient (Wildman–Crippen LogP) is 2.90. The predicted molar refractivity (Wildman–Crippen MR) is 77.4 cm³/mol. The second-order valence-electron chi connectivity index (χ2n) is 4.75. The van der Waals surface area contributed by atoms with Gasteiger partial charge >= 0.3 is 5.97 Å². The van der Waals surface area contributed by atoms with Crippen molar-refractivity contribution in [2.75, 3.05) is 6.54 Å². The first-order valence-corrected chi connectivity index (χ1v) is 6.68. The molecule has 0 saturated heterocycles. The van der Waals surface area contributed by atoms with Gasteiger partial charge in [0.25, 0.3) is 0 Å². The van der Waals surface area contributed by atoms with Crippen LogP contribution in [0.2, 0.25) is 0 Å². The lowest BCUT2D eigenvalue weighted by Gasteiger charge is -2.11. The van der Waals surface area contributed by atoms with Crippen molar-refractivity contribution in [3.8, 4) is 16.9 Å². The molecule has 0 heterocycles. The van der Waals surface area contributed by atoms with Crippen LogP contribution in [-0.2, 0) is 11.3 Å². The van der Waals surface area contributed by atoms with Crippen LogP contribution in [0, 0.1) is 11.6 Å². The van der Waals surface area contributed by atoms with Crippen LogP contribution in [0.3, 0.4) is 0 Å². The van der Waals surface area contributed by atoms with Crippen molar-refractivity contribution in [1.82, 2.24) is 5.32 Å². The number of hydrogen-bond donors (Lipinski definition) is 3. The molecule has 6 heteroatoms. The summed E-state index contributed by atoms with van der Waals surface area (Å²) in [7, 11) is 0. The van der Waals surface area contributed by atoms with E-state index in [-0.39, 0.29) is 36.4 Å². The minimum atomic E-state index is -0.980. The van der Waals surface area contributed by atoms with Gasteiger partial charge in [0.2, 0.25) is 0 Å². The Balaban J connectivity index is 2.21. The number of phenolic OH excluding ortho intramolecular Hbond substituents is 1. The Morgan fingerprint density at radius 2 is 1.77 bits per heavy atom. The smallest absolute Gasteiger partial charge is 0.304 e. The zero-order valence-corrected chi connectivity index (χ0v) is 11.6. The zero-order valence-electron chi connectivity index (χ0n) is 11.6. The van der Waals surface area contributed by atoms with Crippen LogP contribution >= 0.6 is 0 Å². The van der Waals surface area contributed by atoms with Gasteiger partial charge in [0.05, 0.1) is 6.42 Å². The Morgan fingerprint density at radius 1 is 1.09 bits per heavy atom. The number of benzene rings is 2. The summed E-state index contributed by atoms with van der Waals surface area (Å²) in [5.74, 6) is -2.32. The molecule has 0 unspecified atom stereocenters. The average molecular weight is 307 g/mol. The lowest BCUT2D eigenvalue weighted by atomic mass is 10.0. The van der Waals surface area contributed by atoms with Gasteiger partial charge in [-0.1, -0.05) is 12.1 Å². The number of halogens is 2. The fourth-order valence-corrected chi connectivity index (χ4v) is 2.03. The van der Waals surface area contributed by atoms with Gasteiger partial charge in [0, 0.05) is 24.2 Å². The highest BCUT2D eigenvalue weighted by molar-refractivity contribution is 5.67. The highest BCUT2D eigenvalue weighted by Gasteiger charge is 2.14. The normalized spacial score (nSPS) is 10.6. The number of hydrogen-bond acceptors (Lipinski definition) is 3. The quantitative estimate of drug-likeness (QED) is 0.718. The Hall–Kier alpha value is -2.47. The summed E-state index contributed by atoms with van der Waals surface area (Å²) < 4.78 is 28.2. The summed E-state index contributed by atoms with van der Waals surface area (Å²) in [4.78, 5) is 10.4. The van der Waals surface area contributed by atoms with Gasteiger partial charge in [0.15, 0.2) is 0 Å². The van der Waals surface area contributed by atoms with E-state index in [0.29, 0.717) is 5.56 Å². The molecule has 2 rings (SSSR count). The number of aromatic hydroxyl groups is 1. The second kappa shape index (κ2) is 7.00. The van der Waals surface area contributed by atoms with Crippen molar-refractivity contribution in [3.63, 3.8) is 0 Å². The summed E-state index contributed by atoms with van der Waals surface area (Å²) in [5.41, 5.74) is 0.592. The van der Waals surface area contributed by atoms with Gasteiger partial charge in [-0.3, -0.25) is 4.79 Å². The number of aliphatic carboxylic acids is 1. The number of carboxylic acids is 1. The minimum Gasteiger partial charge on any atom is -0.508 e. The van der Waals surface area contributed by atoms with Crippen molar-refractivity contribution in [2.24, 2.45) is 0 Å². The Kier molecular flexibility index (Phi) is 5.06. The first-order valence-electron chi connectivity index (χ1n) is 6.68. The lowest BCUT2D eigenvalue weighted by molar-refractivity contribution is -0.136.